The van der Waals surface area contributed by atoms with Crippen molar-refractivity contribution in [3.8, 4) is 0 Å². The number of carbonyl (C=O) groups is 2. The molecule has 0 fully saturated rings. The zero-order chi connectivity index (χ0) is 16.1. The Bertz CT molecular complexity index is 676. The van der Waals surface area contributed by atoms with Gasteiger partial charge in [-0.05, 0) is 42.9 Å². The summed E-state index contributed by atoms with van der Waals surface area (Å²) in [6.07, 6.45) is 0.633. The van der Waals surface area contributed by atoms with Gasteiger partial charge in [0.25, 0.3) is 5.91 Å². The maximum Gasteiger partial charge on any atom is 0.265 e. The van der Waals surface area contributed by atoms with E-state index in [-0.39, 0.29) is 18.4 Å². The van der Waals surface area contributed by atoms with Crippen molar-refractivity contribution < 1.29 is 9.59 Å². The largest absolute Gasteiger partial charge is 0.342 e. The molecule has 2 rings (SSSR count). The van der Waals surface area contributed by atoms with E-state index in [0.29, 0.717) is 17.0 Å². The van der Waals surface area contributed by atoms with E-state index in [2.05, 4.69) is 20.2 Å². The molecule has 0 saturated carbocycles. The quantitative estimate of drug-likeness (QED) is 0.884. The highest BCUT2D eigenvalue weighted by Gasteiger charge is 2.16. The van der Waals surface area contributed by atoms with Crippen molar-refractivity contribution in [2.24, 2.45) is 0 Å². The number of hydrogen-bond donors (Lipinski definition) is 2. The first-order valence-electron chi connectivity index (χ1n) is 6.98. The molecule has 0 bridgehead atoms. The molecule has 1 aromatic carbocycles. The van der Waals surface area contributed by atoms with Gasteiger partial charge in [-0.1, -0.05) is 29.6 Å². The Balaban J connectivity index is 1.95. The van der Waals surface area contributed by atoms with Crippen molar-refractivity contribution >= 4 is 29.0 Å². The van der Waals surface area contributed by atoms with Crippen molar-refractivity contribution in [2.45, 2.75) is 27.2 Å². The standard InChI is InChI=1S/C15H18N4O2S/c1-4-11-14(22-19-18-11)15(21)16-8-12(20)17-13-9(2)6-5-7-10(13)3/h5-7H,4,8H2,1-3H3,(H,16,21)(H,17,20). The van der Waals surface area contributed by atoms with Gasteiger partial charge >= 0.3 is 0 Å². The number of para-hydroxylation sites is 1. The molecule has 0 aliphatic heterocycles. The Kier molecular flexibility index (Phi) is 5.21. The number of benzene rings is 1. The SMILES string of the molecule is CCc1nnsc1C(=O)NCC(=O)Nc1c(C)cccc1C. The van der Waals surface area contributed by atoms with E-state index >= 15 is 0 Å². The Hall–Kier alpha value is -2.28. The fourth-order valence-corrected chi connectivity index (χ4v) is 2.72. The Labute approximate surface area is 133 Å². The van der Waals surface area contributed by atoms with Gasteiger partial charge in [0, 0.05) is 5.69 Å². The monoisotopic (exact) mass is 318 g/mol. The summed E-state index contributed by atoms with van der Waals surface area (Å²) in [5.74, 6) is -0.579. The zero-order valence-corrected chi connectivity index (χ0v) is 13.6. The first-order valence-corrected chi connectivity index (χ1v) is 7.75. The van der Waals surface area contributed by atoms with E-state index in [0.717, 1.165) is 28.3 Å². The third-order valence-corrected chi connectivity index (χ3v) is 4.02. The molecule has 1 aromatic heterocycles. The highest BCUT2D eigenvalue weighted by molar-refractivity contribution is 7.08. The van der Waals surface area contributed by atoms with E-state index in [1.807, 2.05) is 39.0 Å². The lowest BCUT2D eigenvalue weighted by molar-refractivity contribution is -0.115. The maximum absolute atomic E-state index is 12.0. The van der Waals surface area contributed by atoms with Crippen LogP contribution in [0.25, 0.3) is 0 Å². The summed E-state index contributed by atoms with van der Waals surface area (Å²) < 4.78 is 3.76. The predicted molar refractivity (Wildman–Crippen MR) is 86.2 cm³/mol. The second kappa shape index (κ2) is 7.13. The molecule has 22 heavy (non-hydrogen) atoms. The van der Waals surface area contributed by atoms with Gasteiger partial charge < -0.3 is 10.6 Å². The first kappa shape index (κ1) is 16.1. The van der Waals surface area contributed by atoms with Gasteiger partial charge in [-0.2, -0.15) is 0 Å². The van der Waals surface area contributed by atoms with Crippen LogP contribution in [0.15, 0.2) is 18.2 Å². The lowest BCUT2D eigenvalue weighted by Crippen LogP contribution is -2.33. The maximum atomic E-state index is 12.0. The number of aromatic nitrogens is 2. The smallest absolute Gasteiger partial charge is 0.265 e. The third-order valence-electron chi connectivity index (χ3n) is 3.25. The molecule has 0 radical (unpaired) electrons. The van der Waals surface area contributed by atoms with Crippen LogP contribution in [0.4, 0.5) is 5.69 Å². The minimum absolute atomic E-state index is 0.0896. The van der Waals surface area contributed by atoms with E-state index < -0.39 is 0 Å². The van der Waals surface area contributed by atoms with Crippen molar-refractivity contribution in [2.75, 3.05) is 11.9 Å². The number of nitrogens with one attached hydrogen (secondary N) is 2. The second-order valence-corrected chi connectivity index (χ2v) is 5.65. The highest BCUT2D eigenvalue weighted by atomic mass is 32.1. The molecule has 0 atom stereocenters. The number of hydrogen-bond acceptors (Lipinski definition) is 5. The van der Waals surface area contributed by atoms with Crippen molar-refractivity contribution in [3.05, 3.63) is 39.9 Å². The average Bonchev–Trinajstić information content (AvgIpc) is 2.97. The van der Waals surface area contributed by atoms with Crippen LogP contribution >= 0.6 is 11.5 Å². The van der Waals surface area contributed by atoms with E-state index in [1.165, 1.54) is 0 Å². The second-order valence-electron chi connectivity index (χ2n) is 4.90. The molecule has 2 amide bonds. The average molecular weight is 318 g/mol. The summed E-state index contributed by atoms with van der Waals surface area (Å²) in [4.78, 5) is 24.5. The van der Waals surface area contributed by atoms with Gasteiger partial charge in [0.1, 0.15) is 4.88 Å². The van der Waals surface area contributed by atoms with Gasteiger partial charge in [0.05, 0.1) is 12.2 Å². The van der Waals surface area contributed by atoms with E-state index in [1.54, 1.807) is 0 Å². The molecule has 0 aliphatic rings. The van der Waals surface area contributed by atoms with Gasteiger partial charge in [-0.15, -0.1) is 5.10 Å². The van der Waals surface area contributed by atoms with Crippen LogP contribution < -0.4 is 10.6 Å². The molecule has 116 valence electrons. The fourth-order valence-electron chi connectivity index (χ4n) is 2.05. The van der Waals surface area contributed by atoms with Gasteiger partial charge in [0.2, 0.25) is 5.91 Å². The molecule has 2 aromatic rings. The third kappa shape index (κ3) is 3.67. The molecule has 0 aliphatic carbocycles. The normalized spacial score (nSPS) is 10.3. The molecular weight excluding hydrogens is 300 g/mol. The summed E-state index contributed by atoms with van der Waals surface area (Å²) in [7, 11) is 0. The summed E-state index contributed by atoms with van der Waals surface area (Å²) in [6.45, 7) is 5.67. The van der Waals surface area contributed by atoms with Crippen LogP contribution in [0.5, 0.6) is 0 Å². The van der Waals surface area contributed by atoms with Crippen LogP contribution in [0.1, 0.15) is 33.4 Å². The molecule has 6 nitrogen and oxygen atoms in total. The fraction of sp³-hybridized carbons (Fsp3) is 0.333. The summed E-state index contributed by atoms with van der Waals surface area (Å²) in [5, 5.41) is 9.31. The Morgan fingerprint density at radius 1 is 1.23 bits per heavy atom. The number of rotatable bonds is 5. The van der Waals surface area contributed by atoms with E-state index in [4.69, 9.17) is 0 Å². The lowest BCUT2D eigenvalue weighted by Gasteiger charge is -2.11. The van der Waals surface area contributed by atoms with E-state index in [9.17, 15) is 9.59 Å². The molecule has 2 N–H and O–H groups in total. The number of aryl methyl sites for hydroxylation is 3. The first-order chi connectivity index (χ1) is 10.5. The predicted octanol–water partition coefficient (Wildman–Crippen LogP) is 2.09. The van der Waals surface area contributed by atoms with Gasteiger partial charge in [-0.3, -0.25) is 9.59 Å². The molecule has 1 heterocycles. The summed E-state index contributed by atoms with van der Waals surface area (Å²) >= 11 is 1.04. The number of anilines is 1. The molecular formula is C15H18N4O2S. The Morgan fingerprint density at radius 3 is 2.55 bits per heavy atom. The number of carbonyl (C=O) groups excluding carboxylic acids is 2. The minimum atomic E-state index is -0.316. The minimum Gasteiger partial charge on any atom is -0.342 e. The molecule has 0 unspecified atom stereocenters. The van der Waals surface area contributed by atoms with Crippen LogP contribution in [-0.4, -0.2) is 27.9 Å². The van der Waals surface area contributed by atoms with Crippen LogP contribution in [0.2, 0.25) is 0 Å². The van der Waals surface area contributed by atoms with Gasteiger partial charge in [-0.25, -0.2) is 0 Å². The summed E-state index contributed by atoms with van der Waals surface area (Å²) in [5.41, 5.74) is 3.41. The topological polar surface area (TPSA) is 84.0 Å². The van der Waals surface area contributed by atoms with Crippen molar-refractivity contribution in [3.63, 3.8) is 0 Å². The Morgan fingerprint density at radius 2 is 1.91 bits per heavy atom. The van der Waals surface area contributed by atoms with Crippen LogP contribution in [0, 0.1) is 13.8 Å². The highest BCUT2D eigenvalue weighted by Crippen LogP contribution is 2.19. The molecule has 0 spiro atoms. The van der Waals surface area contributed by atoms with Crippen molar-refractivity contribution in [1.29, 1.82) is 0 Å². The van der Waals surface area contributed by atoms with Crippen LogP contribution in [0.3, 0.4) is 0 Å². The number of amides is 2. The summed E-state index contributed by atoms with van der Waals surface area (Å²) in [6, 6.07) is 5.79. The van der Waals surface area contributed by atoms with Gasteiger partial charge in [0.15, 0.2) is 0 Å². The van der Waals surface area contributed by atoms with Crippen LogP contribution in [-0.2, 0) is 11.2 Å². The number of nitrogens with zero attached hydrogens (tertiary/aromatic N) is 2. The zero-order valence-electron chi connectivity index (χ0n) is 12.8. The molecule has 7 heteroatoms. The molecule has 0 saturated heterocycles. The lowest BCUT2D eigenvalue weighted by atomic mass is 10.1. The van der Waals surface area contributed by atoms with Crippen molar-refractivity contribution in [1.82, 2.24) is 14.9 Å².